The molecule has 1 aliphatic heterocycles. The van der Waals surface area contributed by atoms with Gasteiger partial charge in [-0.15, -0.1) is 0 Å². The first-order valence-corrected chi connectivity index (χ1v) is 11.0. The zero-order valence-corrected chi connectivity index (χ0v) is 19.1. The average molecular weight is 450 g/mol. The fraction of sp³-hybridized carbons (Fsp3) is 0.292. The first kappa shape index (κ1) is 20.6. The summed E-state index contributed by atoms with van der Waals surface area (Å²) in [6.07, 6.45) is 0.873. The van der Waals surface area contributed by atoms with Crippen LogP contribution in [-0.4, -0.2) is 25.2 Å². The van der Waals surface area contributed by atoms with Crippen LogP contribution in [0.15, 0.2) is 52.1 Å². The topological polar surface area (TPSA) is 65.1 Å². The van der Waals surface area contributed by atoms with Crippen LogP contribution in [0, 0.1) is 13.8 Å². The van der Waals surface area contributed by atoms with Crippen molar-refractivity contribution < 1.29 is 0 Å². The van der Waals surface area contributed by atoms with Crippen LogP contribution in [0.25, 0.3) is 11.2 Å². The van der Waals surface area contributed by atoms with E-state index in [9.17, 15) is 9.59 Å². The lowest BCUT2D eigenvalue weighted by atomic mass is 10.1. The van der Waals surface area contributed by atoms with Crippen molar-refractivity contribution in [3.05, 3.63) is 85.0 Å². The lowest BCUT2D eigenvalue weighted by Gasteiger charge is -2.29. The van der Waals surface area contributed by atoms with Crippen molar-refractivity contribution in [2.24, 2.45) is 7.05 Å². The van der Waals surface area contributed by atoms with Crippen molar-refractivity contribution in [2.45, 2.75) is 33.4 Å². The maximum atomic E-state index is 13.5. The average Bonchev–Trinajstić information content (AvgIpc) is 3.18. The van der Waals surface area contributed by atoms with E-state index in [1.165, 1.54) is 20.3 Å². The van der Waals surface area contributed by atoms with Gasteiger partial charge in [0.15, 0.2) is 11.2 Å². The predicted octanol–water partition coefficient (Wildman–Crippen LogP) is 3.76. The van der Waals surface area contributed by atoms with Crippen LogP contribution < -0.4 is 16.1 Å². The highest BCUT2D eigenvalue weighted by molar-refractivity contribution is 6.31. The molecule has 4 aromatic rings. The van der Waals surface area contributed by atoms with Crippen molar-refractivity contribution in [1.29, 1.82) is 0 Å². The number of anilines is 2. The SMILES string of the molecule is Cc1ccc(N2CCCn3c2nc2c3c(=O)n(Cc3ccccc3Cl)c(=O)n2C)cc1C. The Morgan fingerprint density at radius 1 is 1.03 bits per heavy atom. The number of hydrogen-bond acceptors (Lipinski definition) is 4. The number of aromatic nitrogens is 4. The molecule has 0 fully saturated rings. The predicted molar refractivity (Wildman–Crippen MR) is 127 cm³/mol. The van der Waals surface area contributed by atoms with Gasteiger partial charge in [-0.2, -0.15) is 4.98 Å². The van der Waals surface area contributed by atoms with E-state index in [2.05, 4.69) is 36.9 Å². The van der Waals surface area contributed by atoms with Gasteiger partial charge in [0.2, 0.25) is 5.95 Å². The second-order valence-electron chi connectivity index (χ2n) is 8.33. The Hall–Kier alpha value is -3.32. The third-order valence-electron chi connectivity index (χ3n) is 6.31. The third kappa shape index (κ3) is 3.15. The largest absolute Gasteiger partial charge is 0.332 e. The Morgan fingerprint density at radius 2 is 1.81 bits per heavy atom. The molecule has 0 aliphatic carbocycles. The summed E-state index contributed by atoms with van der Waals surface area (Å²) in [5, 5.41) is 0.526. The summed E-state index contributed by atoms with van der Waals surface area (Å²) in [6.45, 7) is 5.76. The fourth-order valence-electron chi connectivity index (χ4n) is 4.34. The Kier molecular flexibility index (Phi) is 4.93. The molecule has 0 bridgehead atoms. The minimum Gasteiger partial charge on any atom is -0.312 e. The molecule has 0 unspecified atom stereocenters. The van der Waals surface area contributed by atoms with Gasteiger partial charge in [0.25, 0.3) is 5.56 Å². The van der Waals surface area contributed by atoms with Crippen LogP contribution >= 0.6 is 11.6 Å². The van der Waals surface area contributed by atoms with E-state index in [1.54, 1.807) is 13.1 Å². The molecular formula is C24H24ClN5O2. The molecule has 2 aromatic heterocycles. The standard InChI is InChI=1S/C24H24ClN5O2/c1-15-9-10-18(13-16(15)2)28-11-6-12-29-20-21(26-23(28)29)27(3)24(32)30(22(20)31)14-17-7-4-5-8-19(17)25/h4-5,7-10,13H,6,11-12,14H2,1-3H3. The van der Waals surface area contributed by atoms with Crippen molar-refractivity contribution in [2.75, 3.05) is 11.4 Å². The van der Waals surface area contributed by atoms with Gasteiger partial charge in [-0.25, -0.2) is 4.79 Å². The summed E-state index contributed by atoms with van der Waals surface area (Å²) in [4.78, 5) is 33.5. The van der Waals surface area contributed by atoms with E-state index in [4.69, 9.17) is 16.6 Å². The molecule has 0 spiro atoms. The molecule has 8 heteroatoms. The highest BCUT2D eigenvalue weighted by Crippen LogP contribution is 2.32. The van der Waals surface area contributed by atoms with Crippen molar-refractivity contribution >= 4 is 34.4 Å². The second-order valence-corrected chi connectivity index (χ2v) is 8.74. The molecule has 5 rings (SSSR count). The quantitative estimate of drug-likeness (QED) is 0.477. The van der Waals surface area contributed by atoms with E-state index in [-0.39, 0.29) is 12.1 Å². The van der Waals surface area contributed by atoms with Gasteiger partial charge >= 0.3 is 5.69 Å². The molecule has 7 nitrogen and oxygen atoms in total. The maximum absolute atomic E-state index is 13.5. The normalized spacial score (nSPS) is 13.6. The fourth-order valence-corrected chi connectivity index (χ4v) is 4.53. The van der Waals surface area contributed by atoms with Gasteiger partial charge in [-0.05, 0) is 55.2 Å². The lowest BCUT2D eigenvalue weighted by Crippen LogP contribution is -2.40. The van der Waals surface area contributed by atoms with Crippen LogP contribution in [0.2, 0.25) is 5.02 Å². The van der Waals surface area contributed by atoms with E-state index in [0.29, 0.717) is 28.7 Å². The van der Waals surface area contributed by atoms with E-state index in [1.807, 2.05) is 22.8 Å². The molecule has 0 saturated carbocycles. The molecule has 0 radical (unpaired) electrons. The van der Waals surface area contributed by atoms with Crippen LogP contribution in [0.4, 0.5) is 11.6 Å². The Bertz CT molecular complexity index is 1480. The first-order valence-electron chi connectivity index (χ1n) is 10.6. The van der Waals surface area contributed by atoms with Gasteiger partial charge < -0.3 is 9.47 Å². The van der Waals surface area contributed by atoms with Crippen LogP contribution in [0.1, 0.15) is 23.1 Å². The lowest BCUT2D eigenvalue weighted by molar-refractivity contribution is 0.597. The van der Waals surface area contributed by atoms with Crippen LogP contribution in [0.5, 0.6) is 0 Å². The molecule has 2 aromatic carbocycles. The van der Waals surface area contributed by atoms with Crippen LogP contribution in [0.3, 0.4) is 0 Å². The molecule has 32 heavy (non-hydrogen) atoms. The molecule has 3 heterocycles. The third-order valence-corrected chi connectivity index (χ3v) is 6.67. The number of aryl methyl sites for hydroxylation is 4. The highest BCUT2D eigenvalue weighted by Gasteiger charge is 2.27. The van der Waals surface area contributed by atoms with Gasteiger partial charge in [0.05, 0.1) is 6.54 Å². The number of fused-ring (bicyclic) bond motifs is 3. The van der Waals surface area contributed by atoms with E-state index < -0.39 is 5.69 Å². The maximum Gasteiger partial charge on any atom is 0.332 e. The first-order chi connectivity index (χ1) is 15.4. The number of halogens is 1. The molecular weight excluding hydrogens is 426 g/mol. The van der Waals surface area contributed by atoms with Crippen molar-refractivity contribution in [3.63, 3.8) is 0 Å². The summed E-state index contributed by atoms with van der Waals surface area (Å²) in [5.41, 5.74) is 4.28. The molecule has 0 atom stereocenters. The van der Waals surface area contributed by atoms with E-state index >= 15 is 0 Å². The van der Waals surface area contributed by atoms with Crippen molar-refractivity contribution in [1.82, 2.24) is 18.7 Å². The summed E-state index contributed by atoms with van der Waals surface area (Å²) >= 11 is 6.29. The minimum atomic E-state index is -0.407. The number of hydrogen-bond donors (Lipinski definition) is 0. The van der Waals surface area contributed by atoms with Gasteiger partial charge in [0, 0.05) is 30.8 Å². The zero-order chi connectivity index (χ0) is 22.6. The summed E-state index contributed by atoms with van der Waals surface area (Å²) in [7, 11) is 1.66. The number of benzene rings is 2. The Morgan fingerprint density at radius 3 is 2.56 bits per heavy atom. The number of nitrogens with zero attached hydrogens (tertiary/aromatic N) is 5. The summed E-state index contributed by atoms with van der Waals surface area (Å²) in [6, 6.07) is 13.6. The van der Waals surface area contributed by atoms with Crippen molar-refractivity contribution in [3.8, 4) is 0 Å². The van der Waals surface area contributed by atoms with Crippen LogP contribution in [-0.2, 0) is 20.1 Å². The zero-order valence-electron chi connectivity index (χ0n) is 18.3. The molecule has 0 amide bonds. The summed E-state index contributed by atoms with van der Waals surface area (Å²) < 4.78 is 4.64. The van der Waals surface area contributed by atoms with Gasteiger partial charge in [0.1, 0.15) is 0 Å². The molecule has 0 saturated heterocycles. The molecule has 1 aliphatic rings. The molecule has 0 N–H and O–H groups in total. The second kappa shape index (κ2) is 7.67. The smallest absolute Gasteiger partial charge is 0.312 e. The Labute approximate surface area is 190 Å². The number of imidazole rings is 1. The Balaban J connectivity index is 1.71. The monoisotopic (exact) mass is 449 g/mol. The summed E-state index contributed by atoms with van der Waals surface area (Å²) in [5.74, 6) is 0.692. The highest BCUT2D eigenvalue weighted by atomic mass is 35.5. The van der Waals surface area contributed by atoms with Gasteiger partial charge in [-0.1, -0.05) is 35.9 Å². The minimum absolute atomic E-state index is 0.114. The molecule has 164 valence electrons. The number of rotatable bonds is 3. The van der Waals surface area contributed by atoms with Gasteiger partial charge in [-0.3, -0.25) is 13.9 Å². The van der Waals surface area contributed by atoms with E-state index in [0.717, 1.165) is 24.2 Å².